The van der Waals surface area contributed by atoms with Crippen LogP contribution in [0.4, 0.5) is 0 Å². The van der Waals surface area contributed by atoms with Gasteiger partial charge in [0, 0.05) is 43.6 Å². The summed E-state index contributed by atoms with van der Waals surface area (Å²) in [6.45, 7) is 3.23. The summed E-state index contributed by atoms with van der Waals surface area (Å²) in [5.74, 6) is -0.0300. The Morgan fingerprint density at radius 3 is 2.58 bits per heavy atom. The number of carbonyl (C=O) groups is 2. The number of likely N-dealkylation sites (tertiary alicyclic amines) is 1. The second-order valence-electron chi connectivity index (χ2n) is 6.36. The molecule has 3 rings (SSSR count). The lowest BCUT2D eigenvalue weighted by Crippen LogP contribution is -2.49. The number of aromatic nitrogens is 1. The van der Waals surface area contributed by atoms with E-state index in [2.05, 4.69) is 5.32 Å². The molecule has 0 spiro atoms. The van der Waals surface area contributed by atoms with Gasteiger partial charge in [-0.3, -0.25) is 9.59 Å². The second-order valence-corrected chi connectivity index (χ2v) is 6.36. The average Bonchev–Trinajstić information content (AvgIpc) is 2.94. The molecule has 5 nitrogen and oxygen atoms in total. The molecule has 1 aromatic heterocycles. The highest BCUT2D eigenvalue weighted by molar-refractivity contribution is 5.96. The lowest BCUT2D eigenvalue weighted by Gasteiger charge is -2.33. The fourth-order valence-electron chi connectivity index (χ4n) is 3.15. The number of rotatable bonds is 3. The molecule has 1 aliphatic rings. The van der Waals surface area contributed by atoms with E-state index in [0.717, 1.165) is 25.1 Å². The smallest absolute Gasteiger partial charge is 0.253 e. The van der Waals surface area contributed by atoms with Crippen molar-refractivity contribution >= 4 is 11.8 Å². The van der Waals surface area contributed by atoms with Gasteiger partial charge in [0.25, 0.3) is 11.8 Å². The third-order valence-electron chi connectivity index (χ3n) is 4.69. The van der Waals surface area contributed by atoms with Crippen molar-refractivity contribution in [3.05, 3.63) is 59.4 Å². The number of piperidine rings is 1. The van der Waals surface area contributed by atoms with Crippen LogP contribution in [0.1, 0.15) is 39.3 Å². The summed E-state index contributed by atoms with van der Waals surface area (Å²) in [6, 6.07) is 11.1. The lowest BCUT2D eigenvalue weighted by atomic mass is 10.0. The summed E-state index contributed by atoms with van der Waals surface area (Å²) in [5, 5.41) is 3.08. The van der Waals surface area contributed by atoms with Crippen LogP contribution in [0.3, 0.4) is 0 Å². The van der Waals surface area contributed by atoms with Crippen molar-refractivity contribution in [2.24, 2.45) is 7.05 Å². The molecule has 1 aromatic carbocycles. The molecule has 1 saturated heterocycles. The standard InChI is InChI=1S/C19H23N3O2/c1-14-17(10-12-21(14)2)18(23)20-16-9-6-11-22(13-16)19(24)15-7-4-3-5-8-15/h3-5,7-8,10,12,16H,6,9,11,13H2,1-2H3,(H,20,23)/t16-/m1/s1. The highest BCUT2D eigenvalue weighted by Crippen LogP contribution is 2.15. The molecule has 5 heteroatoms. The van der Waals surface area contributed by atoms with Gasteiger partial charge in [-0.25, -0.2) is 0 Å². The fraction of sp³-hybridized carbons (Fsp3) is 0.368. The van der Waals surface area contributed by atoms with Gasteiger partial charge in [0.15, 0.2) is 0 Å². The first-order valence-corrected chi connectivity index (χ1v) is 8.33. The molecule has 0 aliphatic carbocycles. The van der Waals surface area contributed by atoms with Gasteiger partial charge < -0.3 is 14.8 Å². The Bertz CT molecular complexity index is 736. The molecule has 0 radical (unpaired) electrons. The van der Waals surface area contributed by atoms with Crippen LogP contribution in [0.25, 0.3) is 0 Å². The summed E-state index contributed by atoms with van der Waals surface area (Å²) in [4.78, 5) is 26.9. The molecular weight excluding hydrogens is 302 g/mol. The summed E-state index contributed by atoms with van der Waals surface area (Å²) >= 11 is 0. The van der Waals surface area contributed by atoms with Crippen molar-refractivity contribution in [1.29, 1.82) is 0 Å². The molecule has 1 atom stereocenters. The lowest BCUT2D eigenvalue weighted by molar-refractivity contribution is 0.0676. The largest absolute Gasteiger partial charge is 0.354 e. The first-order valence-electron chi connectivity index (χ1n) is 8.33. The molecule has 2 amide bonds. The summed E-state index contributed by atoms with van der Waals surface area (Å²) in [7, 11) is 1.92. The van der Waals surface area contributed by atoms with Gasteiger partial charge in [-0.1, -0.05) is 18.2 Å². The van der Waals surface area contributed by atoms with Gasteiger partial charge in [-0.15, -0.1) is 0 Å². The van der Waals surface area contributed by atoms with Gasteiger partial charge in [0.2, 0.25) is 0 Å². The van der Waals surface area contributed by atoms with E-state index in [0.29, 0.717) is 17.7 Å². The minimum Gasteiger partial charge on any atom is -0.354 e. The average molecular weight is 325 g/mol. The molecule has 1 N–H and O–H groups in total. The molecule has 0 saturated carbocycles. The van der Waals surface area contributed by atoms with Gasteiger partial charge in [0.05, 0.1) is 5.56 Å². The normalized spacial score (nSPS) is 17.6. The molecule has 2 aromatic rings. The first-order chi connectivity index (χ1) is 11.6. The van der Waals surface area contributed by atoms with E-state index in [9.17, 15) is 9.59 Å². The van der Waals surface area contributed by atoms with Gasteiger partial charge >= 0.3 is 0 Å². The first kappa shape index (κ1) is 16.3. The third-order valence-corrected chi connectivity index (χ3v) is 4.69. The second kappa shape index (κ2) is 6.91. The van der Waals surface area contributed by atoms with Crippen LogP contribution >= 0.6 is 0 Å². The predicted molar refractivity (Wildman–Crippen MR) is 93.0 cm³/mol. The molecule has 24 heavy (non-hydrogen) atoms. The maximum absolute atomic E-state index is 12.6. The summed E-state index contributed by atoms with van der Waals surface area (Å²) in [6.07, 6.45) is 3.68. The Morgan fingerprint density at radius 1 is 1.17 bits per heavy atom. The molecule has 0 bridgehead atoms. The van der Waals surface area contributed by atoms with E-state index in [1.807, 2.05) is 66.0 Å². The number of benzene rings is 1. The molecule has 0 unspecified atom stereocenters. The van der Waals surface area contributed by atoms with Crippen LogP contribution in [-0.2, 0) is 7.05 Å². The van der Waals surface area contributed by atoms with Crippen molar-refractivity contribution in [2.75, 3.05) is 13.1 Å². The SMILES string of the molecule is Cc1c(C(=O)N[C@@H]2CCCN(C(=O)c3ccccc3)C2)ccn1C. The molecule has 2 heterocycles. The maximum Gasteiger partial charge on any atom is 0.253 e. The number of hydrogen-bond acceptors (Lipinski definition) is 2. The van der Waals surface area contributed by atoms with Crippen LogP contribution < -0.4 is 5.32 Å². The number of aryl methyl sites for hydroxylation is 1. The molecule has 1 fully saturated rings. The number of nitrogens with zero attached hydrogens (tertiary/aromatic N) is 2. The van der Waals surface area contributed by atoms with Crippen molar-refractivity contribution in [3.63, 3.8) is 0 Å². The maximum atomic E-state index is 12.6. The fourth-order valence-corrected chi connectivity index (χ4v) is 3.15. The topological polar surface area (TPSA) is 54.3 Å². The van der Waals surface area contributed by atoms with E-state index >= 15 is 0 Å². The quantitative estimate of drug-likeness (QED) is 0.942. The minimum atomic E-state index is -0.0629. The third kappa shape index (κ3) is 3.35. The van der Waals surface area contributed by atoms with E-state index in [-0.39, 0.29) is 17.9 Å². The minimum absolute atomic E-state index is 0.00137. The van der Waals surface area contributed by atoms with Crippen molar-refractivity contribution in [2.45, 2.75) is 25.8 Å². The number of nitrogens with one attached hydrogen (secondary N) is 1. The van der Waals surface area contributed by atoms with Crippen LogP contribution in [0, 0.1) is 6.92 Å². The molecular formula is C19H23N3O2. The van der Waals surface area contributed by atoms with E-state index in [1.54, 1.807) is 0 Å². The highest BCUT2D eigenvalue weighted by Gasteiger charge is 2.26. The Labute approximate surface area is 142 Å². The van der Waals surface area contributed by atoms with Crippen LogP contribution in [0.2, 0.25) is 0 Å². The predicted octanol–water partition coefficient (Wildman–Crippen LogP) is 2.37. The van der Waals surface area contributed by atoms with Crippen LogP contribution in [-0.4, -0.2) is 40.4 Å². The Morgan fingerprint density at radius 2 is 1.92 bits per heavy atom. The Balaban J connectivity index is 1.64. The highest BCUT2D eigenvalue weighted by atomic mass is 16.2. The van der Waals surface area contributed by atoms with Gasteiger partial charge in [0.1, 0.15) is 0 Å². The number of hydrogen-bond donors (Lipinski definition) is 1. The van der Waals surface area contributed by atoms with Gasteiger partial charge in [-0.2, -0.15) is 0 Å². The summed E-state index contributed by atoms with van der Waals surface area (Å²) < 4.78 is 1.93. The van der Waals surface area contributed by atoms with E-state index in [1.165, 1.54) is 0 Å². The summed E-state index contributed by atoms with van der Waals surface area (Å²) in [5.41, 5.74) is 2.34. The monoisotopic (exact) mass is 325 g/mol. The zero-order valence-electron chi connectivity index (χ0n) is 14.2. The van der Waals surface area contributed by atoms with Crippen molar-refractivity contribution in [1.82, 2.24) is 14.8 Å². The number of amides is 2. The van der Waals surface area contributed by atoms with E-state index < -0.39 is 0 Å². The van der Waals surface area contributed by atoms with Gasteiger partial charge in [-0.05, 0) is 38.0 Å². The van der Waals surface area contributed by atoms with E-state index in [4.69, 9.17) is 0 Å². The zero-order valence-corrected chi connectivity index (χ0v) is 14.2. The van der Waals surface area contributed by atoms with Crippen molar-refractivity contribution in [3.8, 4) is 0 Å². The Hall–Kier alpha value is -2.56. The van der Waals surface area contributed by atoms with Crippen LogP contribution in [0.5, 0.6) is 0 Å². The van der Waals surface area contributed by atoms with Crippen LogP contribution in [0.15, 0.2) is 42.6 Å². The molecule has 126 valence electrons. The Kier molecular flexibility index (Phi) is 4.69. The number of carbonyl (C=O) groups excluding carboxylic acids is 2. The molecule has 1 aliphatic heterocycles. The van der Waals surface area contributed by atoms with Crippen molar-refractivity contribution < 1.29 is 9.59 Å². The zero-order chi connectivity index (χ0) is 17.1.